The molecular formula is C69H108O6. The molecule has 0 saturated heterocycles. The molecule has 0 aromatic heterocycles. The molecule has 0 aliphatic heterocycles. The highest BCUT2D eigenvalue weighted by molar-refractivity contribution is 5.71. The summed E-state index contributed by atoms with van der Waals surface area (Å²) in [6.45, 7) is 6.27. The molecule has 0 aliphatic rings. The van der Waals surface area contributed by atoms with Gasteiger partial charge in [-0.2, -0.15) is 0 Å². The first-order chi connectivity index (χ1) is 37.0. The van der Waals surface area contributed by atoms with Crippen LogP contribution in [0, 0.1) is 0 Å². The van der Waals surface area contributed by atoms with Crippen LogP contribution in [0.5, 0.6) is 0 Å². The van der Waals surface area contributed by atoms with E-state index in [9.17, 15) is 14.4 Å². The lowest BCUT2D eigenvalue weighted by Gasteiger charge is -2.18. The number of hydrogen-bond donors (Lipinski definition) is 0. The molecule has 0 aliphatic carbocycles. The predicted molar refractivity (Wildman–Crippen MR) is 325 cm³/mol. The molecule has 0 N–H and O–H groups in total. The van der Waals surface area contributed by atoms with Crippen molar-refractivity contribution in [3.05, 3.63) is 158 Å². The van der Waals surface area contributed by atoms with Crippen molar-refractivity contribution < 1.29 is 28.6 Å². The van der Waals surface area contributed by atoms with E-state index in [0.29, 0.717) is 19.3 Å². The first kappa shape index (κ1) is 70.0. The number of ether oxygens (including phenoxy) is 3. The maximum absolute atomic E-state index is 12.8. The average Bonchev–Trinajstić information content (AvgIpc) is 3.41. The highest BCUT2D eigenvalue weighted by Crippen LogP contribution is 2.13. The Kier molecular flexibility index (Phi) is 57.5. The minimum Gasteiger partial charge on any atom is -0.462 e. The van der Waals surface area contributed by atoms with E-state index in [1.54, 1.807) is 0 Å². The number of esters is 3. The highest BCUT2D eigenvalue weighted by atomic mass is 16.6. The van der Waals surface area contributed by atoms with Crippen LogP contribution in [0.3, 0.4) is 0 Å². The normalized spacial score (nSPS) is 13.3. The lowest BCUT2D eigenvalue weighted by Crippen LogP contribution is -2.30. The van der Waals surface area contributed by atoms with E-state index < -0.39 is 12.1 Å². The smallest absolute Gasteiger partial charge is 0.306 e. The van der Waals surface area contributed by atoms with Crippen LogP contribution in [0.1, 0.15) is 239 Å². The third-order valence-electron chi connectivity index (χ3n) is 12.0. The van der Waals surface area contributed by atoms with E-state index >= 15 is 0 Å². The van der Waals surface area contributed by atoms with Crippen LogP contribution in [-0.2, 0) is 28.6 Å². The van der Waals surface area contributed by atoms with Gasteiger partial charge in [-0.15, -0.1) is 0 Å². The highest BCUT2D eigenvalue weighted by Gasteiger charge is 2.19. The van der Waals surface area contributed by atoms with Crippen LogP contribution in [0.4, 0.5) is 0 Å². The number of carbonyl (C=O) groups excluding carboxylic acids is 3. The summed E-state index contributed by atoms with van der Waals surface area (Å²) in [5.74, 6) is -1.03. The van der Waals surface area contributed by atoms with E-state index in [0.717, 1.165) is 135 Å². The van der Waals surface area contributed by atoms with Gasteiger partial charge in [-0.25, -0.2) is 0 Å². The summed E-state index contributed by atoms with van der Waals surface area (Å²) in [4.78, 5) is 38.0. The molecule has 0 aromatic rings. The van der Waals surface area contributed by atoms with Gasteiger partial charge in [-0.1, -0.05) is 249 Å². The SMILES string of the molecule is CC/C=C\C/C=C\C/C=C\C/C=C\C/C=C\C/C=C\C/C=C\C/C=C\CCCCCCCCCCC(=O)OCC(COC(=O)CCCCCCC/C=C\CCCC)OC(=O)CC/C=C\C/C=C\C/C=C\C/C=C\CC. The Morgan fingerprint density at radius 2 is 0.547 bits per heavy atom. The molecule has 0 amide bonds. The van der Waals surface area contributed by atoms with Crippen LogP contribution in [0.2, 0.25) is 0 Å². The molecule has 1 atom stereocenters. The van der Waals surface area contributed by atoms with Gasteiger partial charge in [-0.05, 0) is 128 Å². The lowest BCUT2D eigenvalue weighted by atomic mass is 10.1. The summed E-state index contributed by atoms with van der Waals surface area (Å²) in [5, 5.41) is 0. The first-order valence-electron chi connectivity index (χ1n) is 30.0. The van der Waals surface area contributed by atoms with E-state index in [1.165, 1.54) is 57.8 Å². The van der Waals surface area contributed by atoms with Crippen molar-refractivity contribution in [1.82, 2.24) is 0 Å². The van der Waals surface area contributed by atoms with Gasteiger partial charge < -0.3 is 14.2 Å². The Balaban J connectivity index is 4.28. The molecule has 0 bridgehead atoms. The summed E-state index contributed by atoms with van der Waals surface area (Å²) in [7, 11) is 0. The summed E-state index contributed by atoms with van der Waals surface area (Å²) < 4.78 is 16.7. The molecule has 1 unspecified atom stereocenters. The molecule has 0 saturated carbocycles. The molecule has 75 heavy (non-hydrogen) atoms. The summed E-state index contributed by atoms with van der Waals surface area (Å²) in [6, 6.07) is 0. The van der Waals surface area contributed by atoms with Crippen molar-refractivity contribution in [3.8, 4) is 0 Å². The van der Waals surface area contributed by atoms with E-state index in [4.69, 9.17) is 14.2 Å². The van der Waals surface area contributed by atoms with Gasteiger partial charge in [0, 0.05) is 19.3 Å². The zero-order valence-electron chi connectivity index (χ0n) is 48.0. The van der Waals surface area contributed by atoms with Crippen LogP contribution < -0.4 is 0 Å². The first-order valence-corrected chi connectivity index (χ1v) is 30.0. The van der Waals surface area contributed by atoms with Crippen molar-refractivity contribution in [2.75, 3.05) is 13.2 Å². The monoisotopic (exact) mass is 1030 g/mol. The van der Waals surface area contributed by atoms with Gasteiger partial charge >= 0.3 is 17.9 Å². The minimum absolute atomic E-state index is 0.119. The molecule has 0 heterocycles. The van der Waals surface area contributed by atoms with Gasteiger partial charge in [0.25, 0.3) is 0 Å². The number of unbranched alkanes of at least 4 members (excludes halogenated alkanes) is 15. The quantitative estimate of drug-likeness (QED) is 0.0261. The molecule has 0 radical (unpaired) electrons. The second-order valence-corrected chi connectivity index (χ2v) is 19.1. The van der Waals surface area contributed by atoms with Gasteiger partial charge in [0.15, 0.2) is 6.10 Å². The maximum Gasteiger partial charge on any atom is 0.306 e. The molecule has 0 spiro atoms. The van der Waals surface area contributed by atoms with Crippen molar-refractivity contribution in [2.45, 2.75) is 245 Å². The van der Waals surface area contributed by atoms with Gasteiger partial charge in [0.1, 0.15) is 13.2 Å². The van der Waals surface area contributed by atoms with E-state index in [-0.39, 0.29) is 31.6 Å². The standard InChI is InChI=1S/C69H108O6/c1-4-7-10-13-16-19-22-24-25-26-27-28-29-30-31-32-33-34-35-36-37-38-39-40-41-42-43-45-47-50-53-56-59-62-68(71)74-65-66(64-73-67(70)61-58-55-52-49-46-21-18-15-12-9-6-3)75-69(72)63-60-57-54-51-48-44-23-20-17-14-11-8-5-2/h7-8,10-11,15-20,24-25,27-28,30-31,33-34,36-37,39-40,44,48,54,57,66H,4-6,9,12-14,21-23,26,29,32,35,38,41-43,45-47,49-53,55-56,58-65H2,1-3H3/b10-7-,11-8-,18-15-,19-16-,20-17-,25-24-,28-27-,31-30-,34-33-,37-36-,40-39-,48-44-,57-54-. The van der Waals surface area contributed by atoms with E-state index in [2.05, 4.69) is 167 Å². The molecule has 0 rings (SSSR count). The van der Waals surface area contributed by atoms with Crippen molar-refractivity contribution >= 4 is 17.9 Å². The summed E-state index contributed by atoms with van der Waals surface area (Å²) >= 11 is 0. The Bertz CT molecular complexity index is 1710. The number of rotatable bonds is 52. The van der Waals surface area contributed by atoms with Crippen LogP contribution in [0.15, 0.2) is 158 Å². The molecule has 6 nitrogen and oxygen atoms in total. The van der Waals surface area contributed by atoms with Gasteiger partial charge in [0.2, 0.25) is 0 Å². The Hall–Kier alpha value is -4.97. The van der Waals surface area contributed by atoms with Gasteiger partial charge in [0.05, 0.1) is 0 Å². The Morgan fingerprint density at radius 1 is 0.280 bits per heavy atom. The van der Waals surface area contributed by atoms with Crippen LogP contribution in [-0.4, -0.2) is 37.2 Å². The third-order valence-corrected chi connectivity index (χ3v) is 12.0. The lowest BCUT2D eigenvalue weighted by molar-refractivity contribution is -0.166. The molecular weight excluding hydrogens is 925 g/mol. The Morgan fingerprint density at radius 3 is 0.880 bits per heavy atom. The minimum atomic E-state index is -0.829. The zero-order valence-corrected chi connectivity index (χ0v) is 48.0. The molecule has 420 valence electrons. The second kappa shape index (κ2) is 61.6. The van der Waals surface area contributed by atoms with Crippen LogP contribution >= 0.6 is 0 Å². The van der Waals surface area contributed by atoms with Crippen molar-refractivity contribution in [2.24, 2.45) is 0 Å². The number of hydrogen-bond acceptors (Lipinski definition) is 6. The zero-order chi connectivity index (χ0) is 54.3. The summed E-state index contributed by atoms with van der Waals surface area (Å²) in [6.07, 6.45) is 89.8. The van der Waals surface area contributed by atoms with Gasteiger partial charge in [-0.3, -0.25) is 14.4 Å². The van der Waals surface area contributed by atoms with Crippen molar-refractivity contribution in [1.29, 1.82) is 0 Å². The van der Waals surface area contributed by atoms with Crippen LogP contribution in [0.25, 0.3) is 0 Å². The van der Waals surface area contributed by atoms with E-state index in [1.807, 2.05) is 12.2 Å². The molecule has 6 heteroatoms. The fourth-order valence-corrected chi connectivity index (χ4v) is 7.57. The van der Waals surface area contributed by atoms with Crippen molar-refractivity contribution in [3.63, 3.8) is 0 Å². The largest absolute Gasteiger partial charge is 0.462 e. The number of carbonyl (C=O) groups is 3. The second-order valence-electron chi connectivity index (χ2n) is 19.1. The number of allylic oxidation sites excluding steroid dienone is 26. The fraction of sp³-hybridized carbons (Fsp3) is 0.580. The topological polar surface area (TPSA) is 78.9 Å². The fourth-order valence-electron chi connectivity index (χ4n) is 7.57. The third kappa shape index (κ3) is 59.8. The average molecular weight is 1030 g/mol. The maximum atomic E-state index is 12.8. The molecule has 0 aromatic carbocycles. The molecule has 0 fully saturated rings. The summed E-state index contributed by atoms with van der Waals surface area (Å²) in [5.41, 5.74) is 0. The Labute approximate surface area is 460 Å². The predicted octanol–water partition coefficient (Wildman–Crippen LogP) is 20.5.